The Morgan fingerprint density at radius 2 is 1.17 bits per heavy atom. The molecule has 0 fully saturated rings. The van der Waals surface area contributed by atoms with Gasteiger partial charge in [-0.15, -0.1) is 22.7 Å². The fourth-order valence-corrected chi connectivity index (χ4v) is 14.8. The van der Waals surface area contributed by atoms with Gasteiger partial charge in [-0.25, -0.2) is 0 Å². The number of hydrogen-bond donors (Lipinski definition) is 0. The van der Waals surface area contributed by atoms with Crippen molar-refractivity contribution in [2.45, 2.75) is 39.3 Å². The van der Waals surface area contributed by atoms with Gasteiger partial charge in [-0.05, 0) is 31.9 Å². The Kier molecular flexibility index (Phi) is 4.57. The van der Waals surface area contributed by atoms with Crippen molar-refractivity contribution in [3.05, 3.63) is 54.6 Å². The third kappa shape index (κ3) is 2.94. The molecule has 0 atom stereocenters. The molecule has 1 aliphatic rings. The van der Waals surface area contributed by atoms with Crippen molar-refractivity contribution in [3.63, 3.8) is 0 Å². The molecule has 6 heteroatoms. The van der Waals surface area contributed by atoms with Crippen molar-refractivity contribution in [2.24, 2.45) is 0 Å². The normalized spacial score (nSPS) is 15.4. The molecule has 154 valence electrons. The fraction of sp³-hybridized carbons (Fsp3) is 0.250. The second-order valence-electron chi connectivity index (χ2n) is 10.3. The largest absolute Gasteiger partial charge is 0.309 e. The highest BCUT2D eigenvalue weighted by Gasteiger charge is 2.46. The maximum absolute atomic E-state index is 15.2. The Morgan fingerprint density at radius 1 is 0.667 bits per heavy atom. The zero-order valence-electron chi connectivity index (χ0n) is 18.4. The summed E-state index contributed by atoms with van der Waals surface area (Å²) in [5, 5.41) is 5.51. The van der Waals surface area contributed by atoms with E-state index in [0.29, 0.717) is 0 Å². The first-order chi connectivity index (χ1) is 14.0. The standard InChI is InChI=1S/C24H27OPS2Si2/c1-29(2,3)21-14-19-23(27-21)24-20(15-22(28-24)30(4,5)6)26(19,25)18-13-9-11-16-10-7-8-12-17(16)18/h7-15H,1-6H3. The van der Waals surface area contributed by atoms with Gasteiger partial charge >= 0.3 is 0 Å². The van der Waals surface area contributed by atoms with Gasteiger partial charge in [-0.3, -0.25) is 0 Å². The second-order valence-corrected chi connectivity index (χ2v) is 25.8. The molecule has 0 saturated heterocycles. The highest BCUT2D eigenvalue weighted by molar-refractivity contribution is 7.88. The summed E-state index contributed by atoms with van der Waals surface area (Å²) in [4.78, 5) is 2.57. The molecule has 0 amide bonds. The van der Waals surface area contributed by atoms with E-state index in [1.165, 1.54) is 24.1 Å². The molecule has 3 heterocycles. The first-order valence-electron chi connectivity index (χ1n) is 10.4. The topological polar surface area (TPSA) is 17.1 Å². The van der Waals surface area contributed by atoms with Crippen LogP contribution in [-0.2, 0) is 4.57 Å². The van der Waals surface area contributed by atoms with Crippen LogP contribution in [0.25, 0.3) is 20.5 Å². The number of thiophene rings is 2. The number of benzene rings is 2. The van der Waals surface area contributed by atoms with E-state index in [1.54, 1.807) is 0 Å². The van der Waals surface area contributed by atoms with Crippen LogP contribution in [-0.4, -0.2) is 16.1 Å². The predicted molar refractivity (Wildman–Crippen MR) is 144 cm³/mol. The molecule has 0 N–H and O–H groups in total. The van der Waals surface area contributed by atoms with E-state index >= 15 is 4.57 Å². The Hall–Kier alpha value is -1.24. The minimum atomic E-state index is -2.88. The number of rotatable bonds is 3. The maximum Gasteiger partial charge on any atom is 0.174 e. The van der Waals surface area contributed by atoms with Crippen LogP contribution >= 0.6 is 29.8 Å². The summed E-state index contributed by atoms with van der Waals surface area (Å²) in [7, 11) is -5.85. The molecule has 30 heavy (non-hydrogen) atoms. The van der Waals surface area contributed by atoms with Gasteiger partial charge in [0.25, 0.3) is 0 Å². The average molecular weight is 483 g/mol. The van der Waals surface area contributed by atoms with E-state index in [0.717, 1.165) is 21.3 Å². The van der Waals surface area contributed by atoms with Crippen LogP contribution < -0.4 is 24.9 Å². The quantitative estimate of drug-likeness (QED) is 0.239. The smallest absolute Gasteiger partial charge is 0.174 e. The van der Waals surface area contributed by atoms with Gasteiger partial charge in [-0.1, -0.05) is 81.7 Å². The van der Waals surface area contributed by atoms with Crippen molar-refractivity contribution in [3.8, 4) is 9.75 Å². The van der Waals surface area contributed by atoms with Crippen LogP contribution in [0.2, 0.25) is 39.3 Å². The molecule has 2 aromatic carbocycles. The Morgan fingerprint density at radius 3 is 1.70 bits per heavy atom. The molecule has 2 aromatic heterocycles. The first kappa shape index (κ1) is 20.7. The van der Waals surface area contributed by atoms with Gasteiger partial charge in [0.05, 0.1) is 25.9 Å². The molecule has 1 nitrogen and oxygen atoms in total. The van der Waals surface area contributed by atoms with E-state index in [1.807, 2.05) is 22.7 Å². The van der Waals surface area contributed by atoms with Crippen molar-refractivity contribution >= 4 is 81.7 Å². The minimum Gasteiger partial charge on any atom is -0.309 e. The summed E-state index contributed by atoms with van der Waals surface area (Å²) in [6.45, 7) is 14.3. The van der Waals surface area contributed by atoms with E-state index < -0.39 is 23.3 Å². The number of hydrogen-bond acceptors (Lipinski definition) is 3. The summed E-state index contributed by atoms with van der Waals surface area (Å²) in [5.41, 5.74) is 0. The predicted octanol–water partition coefficient (Wildman–Crippen LogP) is 5.67. The molecular formula is C24H27OPS2Si2. The van der Waals surface area contributed by atoms with E-state index in [9.17, 15) is 0 Å². The second kappa shape index (κ2) is 6.63. The van der Waals surface area contributed by atoms with Crippen molar-refractivity contribution in [1.29, 1.82) is 0 Å². The molecule has 0 aliphatic carbocycles. The van der Waals surface area contributed by atoms with Gasteiger partial charge in [0.2, 0.25) is 0 Å². The highest BCUT2D eigenvalue weighted by Crippen LogP contribution is 2.56. The van der Waals surface area contributed by atoms with Gasteiger partial charge in [-0.2, -0.15) is 0 Å². The molecule has 0 spiro atoms. The molecule has 0 saturated carbocycles. The summed E-state index contributed by atoms with van der Waals surface area (Å²) in [6.07, 6.45) is 0. The van der Waals surface area contributed by atoms with Crippen LogP contribution in [0.3, 0.4) is 0 Å². The lowest BCUT2D eigenvalue weighted by Crippen LogP contribution is -2.36. The first-order valence-corrected chi connectivity index (χ1v) is 20.7. The molecular weight excluding hydrogens is 456 g/mol. The zero-order valence-corrected chi connectivity index (χ0v) is 22.9. The third-order valence-corrected chi connectivity index (χ3v) is 18.9. The fourth-order valence-electron chi connectivity index (χ4n) is 4.17. The summed E-state index contributed by atoms with van der Waals surface area (Å²) in [6, 6.07) is 19.3. The molecule has 1 aliphatic heterocycles. The lowest BCUT2D eigenvalue weighted by Gasteiger charge is -2.18. The Balaban J connectivity index is 1.88. The Bertz CT molecular complexity index is 1280. The summed E-state index contributed by atoms with van der Waals surface area (Å²) < 4.78 is 18.1. The number of fused-ring (bicyclic) bond motifs is 4. The van der Waals surface area contributed by atoms with Crippen molar-refractivity contribution < 1.29 is 4.57 Å². The van der Waals surface area contributed by atoms with Crippen molar-refractivity contribution in [2.75, 3.05) is 0 Å². The molecule has 0 radical (unpaired) electrons. The summed E-state index contributed by atoms with van der Waals surface area (Å²) in [5.74, 6) is 0. The third-order valence-electron chi connectivity index (χ3n) is 5.89. The summed E-state index contributed by atoms with van der Waals surface area (Å²) >= 11 is 3.83. The molecule has 4 aromatic rings. The minimum absolute atomic E-state index is 1.01. The maximum atomic E-state index is 15.2. The van der Waals surface area contributed by atoms with Gasteiger partial charge in [0.15, 0.2) is 7.14 Å². The van der Waals surface area contributed by atoms with Crippen LogP contribution in [0.15, 0.2) is 54.6 Å². The SMILES string of the molecule is C[Si](C)(C)c1cc2c(s1)-c1sc([Si](C)(C)C)cc1P2(=O)c1cccc2ccccc12. The van der Waals surface area contributed by atoms with Crippen LogP contribution in [0.4, 0.5) is 0 Å². The van der Waals surface area contributed by atoms with Crippen molar-refractivity contribution in [1.82, 2.24) is 0 Å². The van der Waals surface area contributed by atoms with E-state index in [2.05, 4.69) is 93.9 Å². The van der Waals surface area contributed by atoms with Crippen LogP contribution in [0.1, 0.15) is 0 Å². The molecule has 0 bridgehead atoms. The highest BCUT2D eigenvalue weighted by atomic mass is 32.1. The Labute approximate surface area is 189 Å². The zero-order chi connectivity index (χ0) is 21.5. The van der Waals surface area contributed by atoms with Crippen LogP contribution in [0.5, 0.6) is 0 Å². The monoisotopic (exact) mass is 482 g/mol. The molecule has 0 unspecified atom stereocenters. The molecule has 5 rings (SSSR count). The van der Waals surface area contributed by atoms with Crippen LogP contribution in [0, 0.1) is 0 Å². The van der Waals surface area contributed by atoms with Gasteiger partial charge in [0, 0.05) is 15.9 Å². The lowest BCUT2D eigenvalue weighted by molar-refractivity contribution is 0.593. The van der Waals surface area contributed by atoms with E-state index in [-0.39, 0.29) is 0 Å². The average Bonchev–Trinajstić information content (AvgIpc) is 3.34. The van der Waals surface area contributed by atoms with Gasteiger partial charge < -0.3 is 4.57 Å². The lowest BCUT2D eigenvalue weighted by atomic mass is 10.1. The van der Waals surface area contributed by atoms with E-state index in [4.69, 9.17) is 0 Å². The van der Waals surface area contributed by atoms with Gasteiger partial charge in [0.1, 0.15) is 0 Å².